The lowest BCUT2D eigenvalue weighted by Gasteiger charge is -2.14. The topological polar surface area (TPSA) is 12.0 Å². The summed E-state index contributed by atoms with van der Waals surface area (Å²) in [5, 5.41) is 2.93. The fourth-order valence-electron chi connectivity index (χ4n) is 0.690. The third-order valence-electron chi connectivity index (χ3n) is 1.08. The smallest absolute Gasteiger partial charge is 0.116 e. The van der Waals surface area contributed by atoms with E-state index in [0.29, 0.717) is 6.54 Å². The molecule has 0 aromatic carbocycles. The van der Waals surface area contributed by atoms with Crippen LogP contribution in [0.25, 0.3) is 0 Å². The Kier molecular flexibility index (Phi) is 1.63. The Balaban J connectivity index is 2.12. The van der Waals surface area contributed by atoms with Crippen LogP contribution in [0.2, 0.25) is 0 Å². The summed E-state index contributed by atoms with van der Waals surface area (Å²) in [6.45, 7) is 1.46. The fourth-order valence-corrected chi connectivity index (χ4v) is 0.690. The second kappa shape index (κ2) is 2.26. The molecule has 1 saturated heterocycles. The fraction of sp³-hybridized carbons (Fsp3) is 0.800. The van der Waals surface area contributed by atoms with Crippen LogP contribution in [0, 0.1) is 6.42 Å². The van der Waals surface area contributed by atoms with Gasteiger partial charge in [-0.1, -0.05) is 0 Å². The Morgan fingerprint density at radius 2 is 2.57 bits per heavy atom. The molecule has 2 heteroatoms. The summed E-state index contributed by atoms with van der Waals surface area (Å²) in [6, 6.07) is 0. The molecule has 0 amide bonds. The van der Waals surface area contributed by atoms with Gasteiger partial charge in [0.25, 0.3) is 0 Å². The maximum atomic E-state index is 12.1. The van der Waals surface area contributed by atoms with Crippen molar-refractivity contribution in [3.8, 4) is 0 Å². The second-order valence-electron chi connectivity index (χ2n) is 1.74. The second-order valence-corrected chi connectivity index (χ2v) is 1.74. The van der Waals surface area contributed by atoms with Crippen LogP contribution in [0.4, 0.5) is 4.39 Å². The molecular weight excluding hydrogens is 93.1 g/mol. The first kappa shape index (κ1) is 5.04. The highest BCUT2D eigenvalue weighted by Crippen LogP contribution is 2.01. The number of piperidine rings is 1. The molecule has 0 aromatic rings. The van der Waals surface area contributed by atoms with Crippen molar-refractivity contribution in [2.24, 2.45) is 0 Å². The molecule has 0 aromatic heterocycles. The summed E-state index contributed by atoms with van der Waals surface area (Å²) in [4.78, 5) is 0. The zero-order valence-corrected chi connectivity index (χ0v) is 4.15. The lowest BCUT2D eigenvalue weighted by molar-refractivity contribution is 0.327. The van der Waals surface area contributed by atoms with Crippen molar-refractivity contribution < 1.29 is 4.39 Å². The van der Waals surface area contributed by atoms with E-state index in [0.717, 1.165) is 13.0 Å². The quantitative estimate of drug-likeness (QED) is 0.470. The normalized spacial score (nSPS) is 33.0. The molecule has 1 atom stereocenters. The summed E-state index contributed by atoms with van der Waals surface area (Å²) in [5.74, 6) is 0. The summed E-state index contributed by atoms with van der Waals surface area (Å²) < 4.78 is 12.1. The molecule has 1 fully saturated rings. The molecule has 0 spiro atoms. The van der Waals surface area contributed by atoms with Crippen LogP contribution >= 0.6 is 0 Å². The van der Waals surface area contributed by atoms with Crippen molar-refractivity contribution in [3.63, 3.8) is 0 Å². The van der Waals surface area contributed by atoms with E-state index in [1.54, 1.807) is 6.42 Å². The van der Waals surface area contributed by atoms with Crippen LogP contribution in [0.3, 0.4) is 0 Å². The summed E-state index contributed by atoms with van der Waals surface area (Å²) in [5.41, 5.74) is 0. The molecular formula is C5H9FN. The number of hydrogen-bond donors (Lipinski definition) is 1. The zero-order valence-electron chi connectivity index (χ0n) is 4.15. The van der Waals surface area contributed by atoms with Gasteiger partial charge < -0.3 is 5.32 Å². The molecule has 1 radical (unpaired) electrons. The average Bonchev–Trinajstić information content (AvgIpc) is 1.69. The van der Waals surface area contributed by atoms with Gasteiger partial charge in [0.2, 0.25) is 0 Å². The number of rotatable bonds is 0. The van der Waals surface area contributed by atoms with Gasteiger partial charge in [-0.25, -0.2) is 4.39 Å². The van der Waals surface area contributed by atoms with E-state index in [-0.39, 0.29) is 0 Å². The van der Waals surface area contributed by atoms with Crippen LogP contribution in [0.1, 0.15) is 6.42 Å². The van der Waals surface area contributed by atoms with Crippen molar-refractivity contribution in [2.45, 2.75) is 12.6 Å². The highest BCUT2D eigenvalue weighted by atomic mass is 19.1. The minimum absolute atomic E-state index is 0.514. The monoisotopic (exact) mass is 102 g/mol. The first-order valence-electron chi connectivity index (χ1n) is 2.58. The van der Waals surface area contributed by atoms with Gasteiger partial charge in [0.05, 0.1) is 0 Å². The van der Waals surface area contributed by atoms with Crippen molar-refractivity contribution in [1.29, 1.82) is 0 Å². The van der Waals surface area contributed by atoms with Crippen LogP contribution < -0.4 is 5.32 Å². The third-order valence-corrected chi connectivity index (χ3v) is 1.08. The van der Waals surface area contributed by atoms with Gasteiger partial charge >= 0.3 is 0 Å². The molecule has 1 aliphatic heterocycles. The number of nitrogens with one attached hydrogen (secondary N) is 1. The van der Waals surface area contributed by atoms with Gasteiger partial charge in [-0.2, -0.15) is 0 Å². The van der Waals surface area contributed by atoms with Crippen molar-refractivity contribution in [2.75, 3.05) is 13.1 Å². The van der Waals surface area contributed by atoms with E-state index in [9.17, 15) is 4.39 Å². The van der Waals surface area contributed by atoms with E-state index in [1.807, 2.05) is 0 Å². The number of alkyl halides is 1. The number of halogens is 1. The highest BCUT2D eigenvalue weighted by molar-refractivity contribution is 4.82. The van der Waals surface area contributed by atoms with Gasteiger partial charge in [-0.3, -0.25) is 0 Å². The van der Waals surface area contributed by atoms with E-state index in [4.69, 9.17) is 0 Å². The largest absolute Gasteiger partial charge is 0.314 e. The Morgan fingerprint density at radius 3 is 2.86 bits per heavy atom. The molecule has 0 saturated carbocycles. The average molecular weight is 102 g/mol. The van der Waals surface area contributed by atoms with Crippen LogP contribution in [-0.4, -0.2) is 19.3 Å². The Morgan fingerprint density at radius 1 is 1.71 bits per heavy atom. The minimum Gasteiger partial charge on any atom is -0.314 e. The van der Waals surface area contributed by atoms with Gasteiger partial charge in [0, 0.05) is 6.54 Å². The minimum atomic E-state index is -0.700. The first-order valence-corrected chi connectivity index (χ1v) is 2.58. The molecule has 1 unspecified atom stereocenters. The summed E-state index contributed by atoms with van der Waals surface area (Å²) in [7, 11) is 0. The molecule has 1 rings (SSSR count). The van der Waals surface area contributed by atoms with Gasteiger partial charge in [0.15, 0.2) is 0 Å². The predicted octanol–water partition coefficient (Wildman–Crippen LogP) is 0.522. The van der Waals surface area contributed by atoms with Gasteiger partial charge in [-0.15, -0.1) is 0 Å². The maximum absolute atomic E-state index is 12.1. The molecule has 7 heavy (non-hydrogen) atoms. The van der Waals surface area contributed by atoms with Crippen molar-refractivity contribution >= 4 is 0 Å². The zero-order chi connectivity index (χ0) is 5.11. The Bertz CT molecular complexity index is 50.0. The Hall–Kier alpha value is -0.110. The molecule has 0 bridgehead atoms. The van der Waals surface area contributed by atoms with E-state index in [1.165, 1.54) is 0 Å². The molecule has 1 nitrogen and oxygen atoms in total. The highest BCUT2D eigenvalue weighted by Gasteiger charge is 2.09. The van der Waals surface area contributed by atoms with Crippen molar-refractivity contribution in [3.05, 3.63) is 6.42 Å². The van der Waals surface area contributed by atoms with Crippen LogP contribution in [0.5, 0.6) is 0 Å². The van der Waals surface area contributed by atoms with E-state index >= 15 is 0 Å². The van der Waals surface area contributed by atoms with Gasteiger partial charge in [-0.05, 0) is 19.4 Å². The van der Waals surface area contributed by atoms with Crippen LogP contribution in [0.15, 0.2) is 0 Å². The van der Waals surface area contributed by atoms with Crippen LogP contribution in [-0.2, 0) is 0 Å². The maximum Gasteiger partial charge on any atom is 0.116 e. The molecule has 1 N–H and O–H groups in total. The molecule has 1 heterocycles. The van der Waals surface area contributed by atoms with Gasteiger partial charge in [0.1, 0.15) is 6.17 Å². The standard InChI is InChI=1S/C5H9FN/c6-5-2-1-3-7-4-5/h2,5,7H,1,3-4H2. The lowest BCUT2D eigenvalue weighted by Crippen LogP contribution is -2.31. The molecule has 41 valence electrons. The Labute approximate surface area is 42.9 Å². The predicted molar refractivity (Wildman–Crippen MR) is 26.7 cm³/mol. The van der Waals surface area contributed by atoms with Crippen molar-refractivity contribution in [1.82, 2.24) is 5.32 Å². The SMILES string of the molecule is FC1[CH]CCNC1. The first-order chi connectivity index (χ1) is 3.39. The lowest BCUT2D eigenvalue weighted by atomic mass is 10.1. The number of hydrogen-bond acceptors (Lipinski definition) is 1. The summed E-state index contributed by atoms with van der Waals surface area (Å²) in [6.07, 6.45) is 1.88. The van der Waals surface area contributed by atoms with E-state index < -0.39 is 6.17 Å². The summed E-state index contributed by atoms with van der Waals surface area (Å²) >= 11 is 0. The third kappa shape index (κ3) is 1.43. The molecule has 0 aliphatic carbocycles. The molecule has 1 aliphatic rings. The van der Waals surface area contributed by atoms with E-state index in [2.05, 4.69) is 5.32 Å².